The molecule has 0 bridgehead atoms. The Morgan fingerprint density at radius 2 is 1.66 bits per heavy atom. The summed E-state index contributed by atoms with van der Waals surface area (Å²) in [6.45, 7) is 18.9. The molecular formula is C47H82N4O13. The minimum absolute atomic E-state index is 0.0216. The number of nitrogens with zero attached hydrogens (tertiary/aromatic N) is 3. The van der Waals surface area contributed by atoms with Crippen molar-refractivity contribution in [3.05, 3.63) is 30.1 Å². The van der Waals surface area contributed by atoms with Crippen LogP contribution in [0.4, 0.5) is 0 Å². The Balaban J connectivity index is 1.76. The van der Waals surface area contributed by atoms with E-state index in [2.05, 4.69) is 10.3 Å². The van der Waals surface area contributed by atoms with E-state index in [4.69, 9.17) is 33.2 Å². The van der Waals surface area contributed by atoms with Crippen molar-refractivity contribution in [2.75, 3.05) is 41.3 Å². The molecule has 64 heavy (non-hydrogen) atoms. The van der Waals surface area contributed by atoms with E-state index in [1.165, 1.54) is 14.0 Å². The second-order valence-corrected chi connectivity index (χ2v) is 19.9. The van der Waals surface area contributed by atoms with Crippen molar-refractivity contribution >= 4 is 11.9 Å². The van der Waals surface area contributed by atoms with Crippen molar-refractivity contribution in [3.63, 3.8) is 0 Å². The molecule has 1 aromatic rings. The second-order valence-electron chi connectivity index (χ2n) is 19.9. The normalized spacial score (nSPS) is 42.4. The number of methoxy groups -OCH3 is 1. The minimum Gasteiger partial charge on any atom is -0.459 e. The monoisotopic (exact) mass is 911 g/mol. The Bertz CT molecular complexity index is 1610. The molecule has 3 aliphatic rings. The maximum Gasteiger partial charge on any atom is 0.311 e. The summed E-state index contributed by atoms with van der Waals surface area (Å²) in [6, 6.07) is 2.88. The van der Waals surface area contributed by atoms with E-state index in [1.807, 2.05) is 70.8 Å². The number of likely N-dealkylation sites (N-methyl/N-ethyl adjacent to an activating group) is 2. The lowest BCUT2D eigenvalue weighted by Crippen LogP contribution is -2.61. The molecule has 0 saturated carbocycles. The lowest BCUT2D eigenvalue weighted by molar-refractivity contribution is -0.318. The van der Waals surface area contributed by atoms with Gasteiger partial charge in [-0.2, -0.15) is 0 Å². The van der Waals surface area contributed by atoms with E-state index in [0.29, 0.717) is 26.1 Å². The van der Waals surface area contributed by atoms with Crippen molar-refractivity contribution in [1.82, 2.24) is 20.1 Å². The smallest absolute Gasteiger partial charge is 0.311 e. The van der Waals surface area contributed by atoms with Crippen LogP contribution in [0.2, 0.25) is 0 Å². The van der Waals surface area contributed by atoms with Gasteiger partial charge < -0.3 is 63.8 Å². The summed E-state index contributed by atoms with van der Waals surface area (Å²) in [5.41, 5.74) is -3.53. The molecule has 17 heteroatoms. The number of hydrogen-bond donors (Lipinski definition) is 5. The fourth-order valence-corrected chi connectivity index (χ4v) is 10.1. The van der Waals surface area contributed by atoms with Gasteiger partial charge in [0.2, 0.25) is 0 Å². The lowest BCUT2D eigenvalue weighted by Gasteiger charge is -2.48. The molecule has 17 nitrogen and oxygen atoms in total. The first-order valence-electron chi connectivity index (χ1n) is 23.2. The van der Waals surface area contributed by atoms with Gasteiger partial charge in [-0.1, -0.05) is 20.8 Å². The average molecular weight is 911 g/mol. The molecule has 3 aliphatic heterocycles. The SMILES string of the molecule is CC[C@@H]1OC(=O)[C@H](C)[C@@H](O[C@H]2C[C@@](C)(OC)[C@@H](O)[C@H](C)O2)[C@H](C)[C@@H](O[C@@H]2O[C@H](C)C[C@H](N(C)C)[C@H]2O)[C@@](C)(O)C[C@@H](C)CN(C)[C@@H](C)[C@@H](OC(=O)CCNCc2ccncc2)[C@]1(C)O. The topological polar surface area (TPSA) is 211 Å². The maximum absolute atomic E-state index is 14.7. The maximum atomic E-state index is 14.7. The summed E-state index contributed by atoms with van der Waals surface area (Å²) in [5.74, 6) is -3.32. The lowest BCUT2D eigenvalue weighted by atomic mass is 9.77. The van der Waals surface area contributed by atoms with Gasteiger partial charge in [0.25, 0.3) is 0 Å². The van der Waals surface area contributed by atoms with E-state index in [0.717, 1.165) is 5.56 Å². The zero-order chi connectivity index (χ0) is 47.9. The van der Waals surface area contributed by atoms with Gasteiger partial charge in [-0.15, -0.1) is 0 Å². The highest BCUT2D eigenvalue weighted by atomic mass is 16.7. The van der Waals surface area contributed by atoms with Gasteiger partial charge in [-0.05, 0) is 112 Å². The Hall–Kier alpha value is -2.39. The number of rotatable bonds is 13. The van der Waals surface area contributed by atoms with Crippen molar-refractivity contribution in [2.24, 2.45) is 17.8 Å². The first kappa shape index (κ1) is 54.2. The third-order valence-corrected chi connectivity index (χ3v) is 14.0. The van der Waals surface area contributed by atoms with Crippen molar-refractivity contribution < 1.29 is 63.2 Å². The second kappa shape index (κ2) is 23.1. The number of pyridine rings is 1. The van der Waals surface area contributed by atoms with Gasteiger partial charge in [0, 0.05) is 63.6 Å². The van der Waals surface area contributed by atoms with Crippen LogP contribution in [0.5, 0.6) is 0 Å². The number of carbonyl (C=O) groups excluding carboxylic acids is 2. The predicted molar refractivity (Wildman–Crippen MR) is 239 cm³/mol. The number of aliphatic hydroxyl groups excluding tert-OH is 2. The summed E-state index contributed by atoms with van der Waals surface area (Å²) in [4.78, 5) is 36.2. The molecule has 0 unspecified atom stereocenters. The van der Waals surface area contributed by atoms with Gasteiger partial charge >= 0.3 is 11.9 Å². The molecule has 0 aliphatic carbocycles. The first-order valence-corrected chi connectivity index (χ1v) is 23.2. The third-order valence-electron chi connectivity index (χ3n) is 14.0. The van der Waals surface area contributed by atoms with Crippen molar-refractivity contribution in [1.29, 1.82) is 0 Å². The average Bonchev–Trinajstić information content (AvgIpc) is 3.23. The van der Waals surface area contributed by atoms with Crippen LogP contribution in [0.15, 0.2) is 24.5 Å². The molecule has 0 aromatic carbocycles. The van der Waals surface area contributed by atoms with Crippen molar-refractivity contribution in [2.45, 2.75) is 198 Å². The molecular weight excluding hydrogens is 829 g/mol. The number of aliphatic hydroxyl groups is 4. The number of aromatic nitrogens is 1. The summed E-state index contributed by atoms with van der Waals surface area (Å²) < 4.78 is 44.3. The molecule has 4 rings (SSSR count). The van der Waals surface area contributed by atoms with Crippen LogP contribution in [0.1, 0.15) is 107 Å². The number of ether oxygens (including phenoxy) is 7. The van der Waals surface area contributed by atoms with Crippen LogP contribution in [0.25, 0.3) is 0 Å². The van der Waals surface area contributed by atoms with E-state index in [1.54, 1.807) is 47.0 Å². The van der Waals surface area contributed by atoms with E-state index < -0.39 is 102 Å². The van der Waals surface area contributed by atoms with Crippen LogP contribution in [-0.4, -0.2) is 179 Å². The fraction of sp³-hybridized carbons (Fsp3) is 0.851. The zero-order valence-electron chi connectivity index (χ0n) is 40.9. The number of esters is 2. The molecule has 0 spiro atoms. The summed E-state index contributed by atoms with van der Waals surface area (Å²) >= 11 is 0. The van der Waals surface area contributed by atoms with Gasteiger partial charge in [-0.3, -0.25) is 19.5 Å². The third kappa shape index (κ3) is 13.4. The molecule has 3 fully saturated rings. The van der Waals surface area contributed by atoms with Crippen LogP contribution >= 0.6 is 0 Å². The number of cyclic esters (lactones) is 1. The zero-order valence-corrected chi connectivity index (χ0v) is 40.9. The van der Waals surface area contributed by atoms with Gasteiger partial charge in [0.1, 0.15) is 30.0 Å². The summed E-state index contributed by atoms with van der Waals surface area (Å²) in [7, 11) is 7.13. The first-order chi connectivity index (χ1) is 29.9. The van der Waals surface area contributed by atoms with Gasteiger partial charge in [0.15, 0.2) is 12.6 Å². The van der Waals surface area contributed by atoms with E-state index in [-0.39, 0.29) is 43.7 Å². The molecule has 5 N–H and O–H groups in total. The quantitative estimate of drug-likeness (QED) is 0.142. The molecule has 4 heterocycles. The molecule has 0 amide bonds. The number of carbonyl (C=O) groups is 2. The largest absolute Gasteiger partial charge is 0.459 e. The number of nitrogens with one attached hydrogen (secondary N) is 1. The Kier molecular flexibility index (Phi) is 19.5. The Labute approximate surface area is 381 Å². The molecule has 3 saturated heterocycles. The van der Waals surface area contributed by atoms with Crippen molar-refractivity contribution in [3.8, 4) is 0 Å². The molecule has 0 radical (unpaired) electrons. The number of hydrogen-bond acceptors (Lipinski definition) is 17. The van der Waals surface area contributed by atoms with Gasteiger partial charge in [-0.25, -0.2) is 0 Å². The van der Waals surface area contributed by atoms with Crippen LogP contribution in [0, 0.1) is 17.8 Å². The van der Waals surface area contributed by atoms with Gasteiger partial charge in [0.05, 0.1) is 48.0 Å². The Morgan fingerprint density at radius 3 is 2.27 bits per heavy atom. The summed E-state index contributed by atoms with van der Waals surface area (Å²) in [6.07, 6.45) is -5.15. The standard InChI is InChI=1S/C47H82N4O13/c1-15-35-47(10,57)42(62-36(52)18-21-49-25-33-16-19-48-20-17-33)31(6)51(13)26-27(2)23-45(8,56)41(64-44-38(53)34(50(11)12)22-28(3)59-44)29(4)39(30(5)43(55)61-35)63-37-24-46(9,58-14)40(54)32(7)60-37/h16-17,19-20,27-32,34-35,37-42,44,49,53-54,56-57H,15,18,21-26H2,1-14H3/t27-,28-,29+,30-,31+,32+,34+,35+,37+,38-,39+,40+,41-,42-,44+,45+,46-,47-/m1/s1. The molecule has 1 aromatic heterocycles. The van der Waals surface area contributed by atoms with E-state index in [9.17, 15) is 30.0 Å². The summed E-state index contributed by atoms with van der Waals surface area (Å²) in [5, 5.41) is 51.3. The van der Waals surface area contributed by atoms with Crippen LogP contribution < -0.4 is 5.32 Å². The van der Waals surface area contributed by atoms with Crippen LogP contribution in [-0.2, 0) is 49.3 Å². The fourth-order valence-electron chi connectivity index (χ4n) is 10.1. The van der Waals surface area contributed by atoms with E-state index >= 15 is 0 Å². The minimum atomic E-state index is -1.87. The van der Waals surface area contributed by atoms with Crippen LogP contribution in [0.3, 0.4) is 0 Å². The molecule has 18 atom stereocenters. The highest BCUT2D eigenvalue weighted by Gasteiger charge is 2.53. The predicted octanol–water partition coefficient (Wildman–Crippen LogP) is 3.03. The molecule has 368 valence electrons. The highest BCUT2D eigenvalue weighted by Crippen LogP contribution is 2.40. The Morgan fingerprint density at radius 1 is 1.00 bits per heavy atom. The highest BCUT2D eigenvalue weighted by molar-refractivity contribution is 5.73.